The molecule has 0 amide bonds. The van der Waals surface area contributed by atoms with Crippen molar-refractivity contribution >= 4 is 5.95 Å². The van der Waals surface area contributed by atoms with Gasteiger partial charge in [0.25, 0.3) is 0 Å². The predicted octanol–water partition coefficient (Wildman–Crippen LogP) is 3.12. The van der Waals surface area contributed by atoms with Crippen molar-refractivity contribution in [1.29, 1.82) is 0 Å². The zero-order valence-electron chi connectivity index (χ0n) is 12.0. The largest absolute Gasteiger partial charge is 0.496 e. The molecular weight excluding hydrogens is 238 g/mol. The van der Waals surface area contributed by atoms with Crippen LogP contribution in [0.1, 0.15) is 16.8 Å². The van der Waals surface area contributed by atoms with Gasteiger partial charge in [0.1, 0.15) is 5.75 Å². The first kappa shape index (κ1) is 13.3. The monoisotopic (exact) mass is 257 g/mol. The zero-order chi connectivity index (χ0) is 14.0. The van der Waals surface area contributed by atoms with Crippen molar-refractivity contribution in [3.8, 4) is 17.0 Å². The Morgan fingerprint density at radius 2 is 1.68 bits per heavy atom. The number of hydrogen-bond acceptors (Lipinski definition) is 4. The van der Waals surface area contributed by atoms with Crippen molar-refractivity contribution in [2.75, 3.05) is 19.5 Å². The predicted molar refractivity (Wildman–Crippen MR) is 77.8 cm³/mol. The molecular formula is C15H19N3O. The summed E-state index contributed by atoms with van der Waals surface area (Å²) in [6.45, 7) is 6.12. The summed E-state index contributed by atoms with van der Waals surface area (Å²) in [7, 11) is 3.50. The number of hydrogen-bond donors (Lipinski definition) is 1. The fraction of sp³-hybridized carbons (Fsp3) is 0.333. The van der Waals surface area contributed by atoms with Crippen LogP contribution < -0.4 is 10.1 Å². The van der Waals surface area contributed by atoms with Gasteiger partial charge < -0.3 is 10.1 Å². The Balaban J connectivity index is 2.63. The molecule has 100 valence electrons. The van der Waals surface area contributed by atoms with E-state index < -0.39 is 0 Å². The van der Waals surface area contributed by atoms with Crippen LogP contribution in [0.5, 0.6) is 5.75 Å². The van der Waals surface area contributed by atoms with E-state index >= 15 is 0 Å². The molecule has 0 spiro atoms. The van der Waals surface area contributed by atoms with Crippen LogP contribution in [-0.4, -0.2) is 24.1 Å². The lowest BCUT2D eigenvalue weighted by Gasteiger charge is -2.12. The van der Waals surface area contributed by atoms with E-state index in [0.717, 1.165) is 22.7 Å². The molecule has 1 aromatic heterocycles. The molecule has 0 radical (unpaired) electrons. The van der Waals surface area contributed by atoms with E-state index in [0.29, 0.717) is 5.95 Å². The summed E-state index contributed by atoms with van der Waals surface area (Å²) in [6, 6.07) is 6.12. The molecule has 1 aromatic carbocycles. The highest BCUT2D eigenvalue weighted by molar-refractivity contribution is 5.70. The summed E-state index contributed by atoms with van der Waals surface area (Å²) in [6.07, 6.45) is 0. The van der Waals surface area contributed by atoms with E-state index in [4.69, 9.17) is 4.74 Å². The molecule has 2 aromatic rings. The Hall–Kier alpha value is -2.10. The third-order valence-corrected chi connectivity index (χ3v) is 3.17. The number of nitrogens with zero attached hydrogens (tertiary/aromatic N) is 2. The third kappa shape index (κ3) is 2.67. The van der Waals surface area contributed by atoms with E-state index in [-0.39, 0.29) is 0 Å². The quantitative estimate of drug-likeness (QED) is 0.917. The molecule has 4 nitrogen and oxygen atoms in total. The Kier molecular flexibility index (Phi) is 3.69. The molecule has 0 atom stereocenters. The number of ether oxygens (including phenoxy) is 1. The first-order chi connectivity index (χ1) is 9.05. The van der Waals surface area contributed by atoms with E-state index in [1.54, 1.807) is 7.11 Å². The first-order valence-electron chi connectivity index (χ1n) is 6.24. The number of rotatable bonds is 3. The summed E-state index contributed by atoms with van der Waals surface area (Å²) in [5.74, 6) is 1.46. The first-order valence-corrected chi connectivity index (χ1v) is 6.24. The summed E-state index contributed by atoms with van der Waals surface area (Å²) in [5.41, 5.74) is 5.22. The minimum atomic E-state index is 0.621. The van der Waals surface area contributed by atoms with Gasteiger partial charge in [0, 0.05) is 18.3 Å². The minimum absolute atomic E-state index is 0.621. The van der Waals surface area contributed by atoms with E-state index in [1.165, 1.54) is 11.1 Å². The van der Waals surface area contributed by atoms with Crippen LogP contribution in [0.15, 0.2) is 18.2 Å². The average molecular weight is 257 g/mol. The molecule has 19 heavy (non-hydrogen) atoms. The van der Waals surface area contributed by atoms with Crippen molar-refractivity contribution in [2.45, 2.75) is 20.8 Å². The Bertz CT molecular complexity index is 609. The summed E-state index contributed by atoms with van der Waals surface area (Å²) < 4.78 is 5.47. The van der Waals surface area contributed by atoms with Gasteiger partial charge in [-0.3, -0.25) is 0 Å². The molecule has 2 rings (SSSR count). The highest BCUT2D eigenvalue weighted by Crippen LogP contribution is 2.32. The van der Waals surface area contributed by atoms with Gasteiger partial charge in [-0.1, -0.05) is 0 Å². The molecule has 1 heterocycles. The number of anilines is 1. The third-order valence-electron chi connectivity index (χ3n) is 3.17. The van der Waals surface area contributed by atoms with Gasteiger partial charge in [-0.05, 0) is 50.1 Å². The molecule has 0 saturated carbocycles. The highest BCUT2D eigenvalue weighted by Gasteiger charge is 2.11. The van der Waals surface area contributed by atoms with E-state index in [1.807, 2.05) is 26.1 Å². The maximum atomic E-state index is 5.47. The number of aromatic nitrogens is 2. The topological polar surface area (TPSA) is 47.0 Å². The summed E-state index contributed by atoms with van der Waals surface area (Å²) in [4.78, 5) is 8.81. The summed E-state index contributed by atoms with van der Waals surface area (Å²) in [5, 5.41) is 2.98. The number of methoxy groups -OCH3 is 1. The number of nitrogens with one attached hydrogen (secondary N) is 1. The van der Waals surface area contributed by atoms with Crippen LogP contribution in [0.3, 0.4) is 0 Å². The van der Waals surface area contributed by atoms with Gasteiger partial charge in [-0.2, -0.15) is 0 Å². The van der Waals surface area contributed by atoms with Crippen molar-refractivity contribution < 1.29 is 4.74 Å². The van der Waals surface area contributed by atoms with Gasteiger partial charge >= 0.3 is 0 Å². The SMILES string of the molecule is CNc1nc(C)cc(-c2cc(C)c(C)cc2OC)n1. The smallest absolute Gasteiger partial charge is 0.223 e. The maximum absolute atomic E-state index is 5.47. The molecule has 0 bridgehead atoms. The van der Waals surface area contributed by atoms with Crippen LogP contribution in [-0.2, 0) is 0 Å². The van der Waals surface area contributed by atoms with Crippen LogP contribution in [0.25, 0.3) is 11.3 Å². The highest BCUT2D eigenvalue weighted by atomic mass is 16.5. The number of aryl methyl sites for hydroxylation is 3. The number of benzene rings is 1. The van der Waals surface area contributed by atoms with E-state index in [9.17, 15) is 0 Å². The fourth-order valence-corrected chi connectivity index (χ4v) is 1.98. The van der Waals surface area contributed by atoms with Gasteiger partial charge in [-0.25, -0.2) is 9.97 Å². The minimum Gasteiger partial charge on any atom is -0.496 e. The van der Waals surface area contributed by atoms with Gasteiger partial charge in [0.05, 0.1) is 12.8 Å². The molecule has 0 aliphatic carbocycles. The van der Waals surface area contributed by atoms with Gasteiger partial charge in [-0.15, -0.1) is 0 Å². The standard InChI is InChI=1S/C15H19N3O/c1-9-6-12(14(19-5)7-10(9)2)13-8-11(3)17-15(16-4)18-13/h6-8H,1-5H3,(H,16,17,18). The van der Waals surface area contributed by atoms with Crippen LogP contribution in [0.2, 0.25) is 0 Å². The van der Waals surface area contributed by atoms with Crippen LogP contribution in [0.4, 0.5) is 5.95 Å². The molecule has 1 N–H and O–H groups in total. The lowest BCUT2D eigenvalue weighted by Crippen LogP contribution is -2.00. The lowest BCUT2D eigenvalue weighted by molar-refractivity contribution is 0.416. The fourth-order valence-electron chi connectivity index (χ4n) is 1.98. The Morgan fingerprint density at radius 1 is 1.00 bits per heavy atom. The second kappa shape index (κ2) is 5.26. The summed E-state index contributed by atoms with van der Waals surface area (Å²) >= 11 is 0. The molecule has 0 unspecified atom stereocenters. The van der Waals surface area contributed by atoms with Crippen molar-refractivity contribution in [2.24, 2.45) is 0 Å². The molecule has 4 heteroatoms. The van der Waals surface area contributed by atoms with Crippen molar-refractivity contribution in [1.82, 2.24) is 9.97 Å². The van der Waals surface area contributed by atoms with Crippen molar-refractivity contribution in [3.05, 3.63) is 35.0 Å². The molecule has 0 saturated heterocycles. The second-order valence-corrected chi connectivity index (χ2v) is 4.60. The maximum Gasteiger partial charge on any atom is 0.223 e. The Labute approximate surface area is 113 Å². The molecule has 0 fully saturated rings. The van der Waals surface area contributed by atoms with Crippen LogP contribution >= 0.6 is 0 Å². The Morgan fingerprint density at radius 3 is 2.32 bits per heavy atom. The molecule has 0 aliphatic rings. The van der Waals surface area contributed by atoms with Gasteiger partial charge in [0.2, 0.25) is 5.95 Å². The molecule has 0 aliphatic heterocycles. The zero-order valence-corrected chi connectivity index (χ0v) is 12.0. The lowest BCUT2D eigenvalue weighted by atomic mass is 10.0. The van der Waals surface area contributed by atoms with Crippen molar-refractivity contribution in [3.63, 3.8) is 0 Å². The normalized spacial score (nSPS) is 10.4. The van der Waals surface area contributed by atoms with Crippen LogP contribution in [0, 0.1) is 20.8 Å². The second-order valence-electron chi connectivity index (χ2n) is 4.60. The van der Waals surface area contributed by atoms with E-state index in [2.05, 4.69) is 35.2 Å². The van der Waals surface area contributed by atoms with Gasteiger partial charge in [0.15, 0.2) is 0 Å². The average Bonchev–Trinajstić information content (AvgIpc) is 2.40.